The standard InChI is InChI=1S/C10H20N4O/c1-4-5-9(8-15-3)11-6-10-7-14(2)13-12-10/h7,9,11H,4-6,8H2,1-3H3. The fourth-order valence-corrected chi connectivity index (χ4v) is 1.52. The highest BCUT2D eigenvalue weighted by Gasteiger charge is 2.07. The van der Waals surface area contributed by atoms with Gasteiger partial charge in [0.15, 0.2) is 0 Å². The molecule has 0 bridgehead atoms. The molecular formula is C10H20N4O. The van der Waals surface area contributed by atoms with Gasteiger partial charge in [0.25, 0.3) is 0 Å². The Morgan fingerprint density at radius 2 is 2.40 bits per heavy atom. The van der Waals surface area contributed by atoms with Crippen LogP contribution in [0.5, 0.6) is 0 Å². The normalized spacial score (nSPS) is 13.0. The zero-order valence-electron chi connectivity index (χ0n) is 9.73. The Hall–Kier alpha value is -0.940. The average molecular weight is 212 g/mol. The minimum absolute atomic E-state index is 0.405. The van der Waals surface area contributed by atoms with Gasteiger partial charge in [-0.3, -0.25) is 4.68 Å². The Morgan fingerprint density at radius 3 is 2.93 bits per heavy atom. The van der Waals surface area contributed by atoms with Crippen molar-refractivity contribution in [2.75, 3.05) is 13.7 Å². The molecule has 15 heavy (non-hydrogen) atoms. The first-order chi connectivity index (χ1) is 7.26. The van der Waals surface area contributed by atoms with Crippen molar-refractivity contribution < 1.29 is 4.74 Å². The van der Waals surface area contributed by atoms with E-state index in [0.717, 1.165) is 31.7 Å². The summed E-state index contributed by atoms with van der Waals surface area (Å²) in [6.45, 7) is 3.67. The molecule has 1 aromatic heterocycles. The van der Waals surface area contributed by atoms with Crippen LogP contribution in [0.2, 0.25) is 0 Å². The zero-order valence-corrected chi connectivity index (χ0v) is 9.73. The predicted octanol–water partition coefficient (Wildman–Crippen LogP) is 0.720. The van der Waals surface area contributed by atoms with Crippen molar-refractivity contribution in [3.63, 3.8) is 0 Å². The maximum absolute atomic E-state index is 5.15. The second-order valence-corrected chi connectivity index (χ2v) is 3.71. The Labute approximate surface area is 90.8 Å². The van der Waals surface area contributed by atoms with Gasteiger partial charge in [-0.1, -0.05) is 18.6 Å². The number of hydrogen-bond donors (Lipinski definition) is 1. The van der Waals surface area contributed by atoms with Crippen LogP contribution in [0.15, 0.2) is 6.20 Å². The van der Waals surface area contributed by atoms with E-state index in [9.17, 15) is 0 Å². The summed E-state index contributed by atoms with van der Waals surface area (Å²) in [5, 5.41) is 11.3. The van der Waals surface area contributed by atoms with Gasteiger partial charge in [-0.25, -0.2) is 0 Å². The molecule has 0 aliphatic carbocycles. The molecule has 1 aromatic rings. The highest BCUT2D eigenvalue weighted by atomic mass is 16.5. The fraction of sp³-hybridized carbons (Fsp3) is 0.800. The zero-order chi connectivity index (χ0) is 11.1. The molecule has 0 spiro atoms. The summed E-state index contributed by atoms with van der Waals surface area (Å²) in [6, 6.07) is 0.405. The van der Waals surface area contributed by atoms with Gasteiger partial charge >= 0.3 is 0 Å². The third-order valence-electron chi connectivity index (χ3n) is 2.23. The van der Waals surface area contributed by atoms with E-state index in [-0.39, 0.29) is 0 Å². The Bertz CT molecular complexity index is 268. The predicted molar refractivity (Wildman–Crippen MR) is 58.4 cm³/mol. The lowest BCUT2D eigenvalue weighted by Gasteiger charge is -2.15. The molecule has 0 amide bonds. The number of aromatic nitrogens is 3. The highest BCUT2D eigenvalue weighted by molar-refractivity contribution is 4.91. The van der Waals surface area contributed by atoms with E-state index < -0.39 is 0 Å². The molecule has 86 valence electrons. The van der Waals surface area contributed by atoms with Crippen LogP contribution in [0, 0.1) is 0 Å². The summed E-state index contributed by atoms with van der Waals surface area (Å²) in [5.74, 6) is 0. The molecule has 1 heterocycles. The summed E-state index contributed by atoms with van der Waals surface area (Å²) >= 11 is 0. The molecule has 0 radical (unpaired) electrons. The van der Waals surface area contributed by atoms with Gasteiger partial charge < -0.3 is 10.1 Å². The van der Waals surface area contributed by atoms with E-state index in [4.69, 9.17) is 4.74 Å². The molecule has 1 unspecified atom stereocenters. The molecule has 0 saturated carbocycles. The number of rotatable bonds is 7. The van der Waals surface area contributed by atoms with E-state index in [1.54, 1.807) is 11.8 Å². The summed E-state index contributed by atoms with van der Waals surface area (Å²) in [6.07, 6.45) is 4.19. The van der Waals surface area contributed by atoms with Gasteiger partial charge in [-0.05, 0) is 6.42 Å². The summed E-state index contributed by atoms with van der Waals surface area (Å²) in [4.78, 5) is 0. The van der Waals surface area contributed by atoms with E-state index >= 15 is 0 Å². The van der Waals surface area contributed by atoms with Gasteiger partial charge in [0.2, 0.25) is 0 Å². The minimum Gasteiger partial charge on any atom is -0.383 e. The number of aryl methyl sites for hydroxylation is 1. The number of ether oxygens (including phenoxy) is 1. The molecule has 1 N–H and O–H groups in total. The smallest absolute Gasteiger partial charge is 0.0964 e. The third-order valence-corrected chi connectivity index (χ3v) is 2.23. The maximum atomic E-state index is 5.15. The van der Waals surface area contributed by atoms with Gasteiger partial charge in [-0.2, -0.15) is 0 Å². The van der Waals surface area contributed by atoms with Gasteiger partial charge in [0.05, 0.1) is 12.3 Å². The van der Waals surface area contributed by atoms with E-state index in [1.807, 2.05) is 13.2 Å². The van der Waals surface area contributed by atoms with Gasteiger partial charge in [0.1, 0.15) is 0 Å². The van der Waals surface area contributed by atoms with Crippen molar-refractivity contribution in [2.45, 2.75) is 32.4 Å². The van der Waals surface area contributed by atoms with Crippen molar-refractivity contribution >= 4 is 0 Å². The number of methoxy groups -OCH3 is 1. The van der Waals surface area contributed by atoms with Crippen LogP contribution in [0.25, 0.3) is 0 Å². The molecule has 0 aliphatic heterocycles. The van der Waals surface area contributed by atoms with E-state index in [1.165, 1.54) is 0 Å². The van der Waals surface area contributed by atoms with Crippen LogP contribution in [0.3, 0.4) is 0 Å². The van der Waals surface area contributed by atoms with Crippen LogP contribution in [-0.4, -0.2) is 34.8 Å². The lowest BCUT2D eigenvalue weighted by molar-refractivity contribution is 0.161. The molecule has 0 aliphatic rings. The largest absolute Gasteiger partial charge is 0.383 e. The molecule has 0 fully saturated rings. The molecule has 1 rings (SSSR count). The number of nitrogens with one attached hydrogen (secondary N) is 1. The Balaban J connectivity index is 2.32. The average Bonchev–Trinajstić information content (AvgIpc) is 2.61. The molecule has 1 atom stereocenters. The summed E-state index contributed by atoms with van der Waals surface area (Å²) in [7, 11) is 3.60. The van der Waals surface area contributed by atoms with Crippen LogP contribution in [0.1, 0.15) is 25.5 Å². The van der Waals surface area contributed by atoms with Crippen molar-refractivity contribution in [3.05, 3.63) is 11.9 Å². The number of nitrogens with zero attached hydrogens (tertiary/aromatic N) is 3. The van der Waals surface area contributed by atoms with Gasteiger partial charge in [0, 0.05) is 32.9 Å². The van der Waals surface area contributed by atoms with Gasteiger partial charge in [-0.15, -0.1) is 5.10 Å². The fourth-order valence-electron chi connectivity index (χ4n) is 1.52. The van der Waals surface area contributed by atoms with Crippen molar-refractivity contribution in [3.8, 4) is 0 Å². The van der Waals surface area contributed by atoms with Crippen LogP contribution < -0.4 is 5.32 Å². The first kappa shape index (κ1) is 12.1. The molecule has 5 nitrogen and oxygen atoms in total. The lowest BCUT2D eigenvalue weighted by atomic mass is 10.2. The van der Waals surface area contributed by atoms with Crippen molar-refractivity contribution in [1.29, 1.82) is 0 Å². The molecule has 0 aromatic carbocycles. The monoisotopic (exact) mass is 212 g/mol. The van der Waals surface area contributed by atoms with Crippen molar-refractivity contribution in [2.24, 2.45) is 7.05 Å². The van der Waals surface area contributed by atoms with Crippen molar-refractivity contribution in [1.82, 2.24) is 20.3 Å². The van der Waals surface area contributed by atoms with E-state index in [2.05, 4.69) is 22.6 Å². The number of hydrogen-bond acceptors (Lipinski definition) is 4. The van der Waals surface area contributed by atoms with Crippen LogP contribution >= 0.6 is 0 Å². The topological polar surface area (TPSA) is 52.0 Å². The van der Waals surface area contributed by atoms with E-state index in [0.29, 0.717) is 6.04 Å². The third kappa shape index (κ3) is 4.40. The Kier molecular flexibility index (Phi) is 5.28. The molecule has 0 saturated heterocycles. The first-order valence-electron chi connectivity index (χ1n) is 5.33. The first-order valence-corrected chi connectivity index (χ1v) is 5.33. The lowest BCUT2D eigenvalue weighted by Crippen LogP contribution is -2.32. The summed E-state index contributed by atoms with van der Waals surface area (Å²) < 4.78 is 6.86. The Morgan fingerprint density at radius 1 is 1.60 bits per heavy atom. The minimum atomic E-state index is 0.405. The quantitative estimate of drug-likeness (QED) is 0.723. The maximum Gasteiger partial charge on any atom is 0.0964 e. The van der Waals surface area contributed by atoms with Crippen LogP contribution in [0.4, 0.5) is 0 Å². The summed E-state index contributed by atoms with van der Waals surface area (Å²) in [5.41, 5.74) is 0.967. The molecular weight excluding hydrogens is 192 g/mol. The van der Waals surface area contributed by atoms with Crippen LogP contribution in [-0.2, 0) is 18.3 Å². The highest BCUT2D eigenvalue weighted by Crippen LogP contribution is 1.99. The second-order valence-electron chi connectivity index (χ2n) is 3.71. The molecule has 5 heteroatoms. The second kappa shape index (κ2) is 6.53. The SMILES string of the molecule is CCCC(COC)NCc1cn(C)nn1.